The normalized spacial score (nSPS) is 11.0. The van der Waals surface area contributed by atoms with E-state index in [2.05, 4.69) is 244 Å². The second kappa shape index (κ2) is 61.5. The fourth-order valence-corrected chi connectivity index (χ4v) is 16.5. The van der Waals surface area contributed by atoms with E-state index in [1.54, 1.807) is 0 Å². The molecule has 0 atom stereocenters. The molecule has 4 aliphatic rings. The van der Waals surface area contributed by atoms with E-state index in [9.17, 15) is 0 Å². The molecule has 0 aliphatic heterocycles. The van der Waals surface area contributed by atoms with Crippen molar-refractivity contribution in [3.63, 3.8) is 0 Å². The monoisotopic (exact) mass is 1750 g/mol. The van der Waals surface area contributed by atoms with Gasteiger partial charge in [0.05, 0.1) is 26.4 Å². The molecule has 10 aromatic rings. The van der Waals surface area contributed by atoms with Gasteiger partial charge in [0.15, 0.2) is 0 Å². The van der Waals surface area contributed by atoms with Crippen LogP contribution in [0.5, 0.6) is 23.0 Å². The molecule has 0 spiro atoms. The van der Waals surface area contributed by atoms with Crippen molar-refractivity contribution in [3.8, 4) is 118 Å². The van der Waals surface area contributed by atoms with Crippen LogP contribution in [0.15, 0.2) is 218 Å². The minimum absolute atomic E-state index is 0.701. The maximum atomic E-state index is 6.26. The van der Waals surface area contributed by atoms with Crippen molar-refractivity contribution in [2.75, 3.05) is 26.4 Å². The quantitative estimate of drug-likeness (QED) is 0.0281. The summed E-state index contributed by atoms with van der Waals surface area (Å²) in [5, 5.41) is 0. The van der Waals surface area contributed by atoms with Gasteiger partial charge in [-0.2, -0.15) is 0 Å². The van der Waals surface area contributed by atoms with Crippen molar-refractivity contribution < 1.29 is 18.9 Å². The predicted octanol–water partition coefficient (Wildman–Crippen LogP) is 32.0. The van der Waals surface area contributed by atoms with E-state index in [-0.39, 0.29) is 0 Å². The number of ether oxygens (including phenoxy) is 4. The van der Waals surface area contributed by atoms with Crippen LogP contribution in [0.1, 0.15) is 396 Å². The summed E-state index contributed by atoms with van der Waals surface area (Å²) in [6, 6.07) is 75.0. The lowest BCUT2D eigenvalue weighted by molar-refractivity contribution is 0.304. The molecule has 0 amide bonds. The second-order valence-corrected chi connectivity index (χ2v) is 35.9. The summed E-state index contributed by atoms with van der Waals surface area (Å²) in [5.41, 5.74) is 19.7. The highest BCUT2D eigenvalue weighted by atomic mass is 16.5. The number of aryl methyl sites for hydroxylation is 4. The Morgan fingerprint density at radius 2 is 0.273 bits per heavy atom. The lowest BCUT2D eigenvalue weighted by Crippen LogP contribution is -2.07. The highest BCUT2D eigenvalue weighted by Gasteiger charge is 2.17. The van der Waals surface area contributed by atoms with Gasteiger partial charge in [0.1, 0.15) is 23.0 Å². The number of hydrogen-bond acceptors (Lipinski definition) is 4. The van der Waals surface area contributed by atoms with Gasteiger partial charge in [-0.05, 0) is 292 Å². The molecule has 4 nitrogen and oxygen atoms in total. The van der Waals surface area contributed by atoms with Crippen molar-refractivity contribution in [1.82, 2.24) is 0 Å². The number of rotatable bonds is 48. The van der Waals surface area contributed by atoms with Gasteiger partial charge >= 0.3 is 0 Å². The first-order valence-corrected chi connectivity index (χ1v) is 51.1. The van der Waals surface area contributed by atoms with Crippen molar-refractivity contribution in [3.05, 3.63) is 330 Å². The molecule has 132 heavy (non-hydrogen) atoms. The zero-order chi connectivity index (χ0) is 91.4. The molecule has 10 aromatic carbocycles. The van der Waals surface area contributed by atoms with Crippen LogP contribution in [0, 0.1) is 94.7 Å². The average molecular weight is 1750 g/mol. The highest BCUT2D eigenvalue weighted by molar-refractivity contribution is 5.61. The molecule has 14 rings (SSSR count). The van der Waals surface area contributed by atoms with Crippen LogP contribution >= 0.6 is 0 Å². The van der Waals surface area contributed by atoms with Gasteiger partial charge in [0, 0.05) is 89.0 Å². The average Bonchev–Trinajstić information content (AvgIpc) is 0.793. The van der Waals surface area contributed by atoms with Crippen molar-refractivity contribution in [1.29, 1.82) is 0 Å². The minimum Gasteiger partial charge on any atom is -0.494 e. The fraction of sp³-hybridized carbons (Fsp3) is 0.406. The molecule has 680 valence electrons. The Labute approximate surface area is 797 Å². The Morgan fingerprint density at radius 1 is 0.152 bits per heavy atom. The molecule has 0 fully saturated rings. The van der Waals surface area contributed by atoms with E-state index in [4.69, 9.17) is 18.9 Å². The first kappa shape index (κ1) is 100. The van der Waals surface area contributed by atoms with Gasteiger partial charge in [0.25, 0.3) is 0 Å². The van der Waals surface area contributed by atoms with E-state index in [0.29, 0.717) is 25.7 Å². The SMILES string of the molecule is CCCCCCCCCCCCOc1ccc(C#Cc2ccc(C#Cc3ccc(C#Cc4cc5c(C#Cc6ccc(OCCCCCCCCCCCC)cc6)cc4CCc4cc(C#Cc6ccc(C#Cc7ccc(C#Cc8ccc(OCCCCCCCCCCCC)cc8)cc7)cc6)c(cc4C#Cc4ccc(OCCCCCCCCCCCC)cc4)CC5)cc3)cc2)cc1. The molecule has 0 unspecified atom stereocenters. The van der Waals surface area contributed by atoms with E-state index in [0.717, 1.165) is 186 Å². The summed E-state index contributed by atoms with van der Waals surface area (Å²) in [6.07, 6.45) is 55.0. The van der Waals surface area contributed by atoms with Gasteiger partial charge in [-0.25, -0.2) is 0 Å². The first-order chi connectivity index (χ1) is 65.3. The van der Waals surface area contributed by atoms with Crippen molar-refractivity contribution >= 4 is 0 Å². The summed E-state index contributed by atoms with van der Waals surface area (Å²) >= 11 is 0. The van der Waals surface area contributed by atoms with Gasteiger partial charge in [-0.15, -0.1) is 0 Å². The number of unbranched alkanes of at least 4 members (excludes halogenated alkanes) is 36. The molecular weight excluding hydrogens is 1600 g/mol. The fourth-order valence-electron chi connectivity index (χ4n) is 16.5. The Bertz CT molecular complexity index is 5240. The number of hydrogen-bond donors (Lipinski definition) is 0. The lowest BCUT2D eigenvalue weighted by atomic mass is 9.86. The Morgan fingerprint density at radius 3 is 0.417 bits per heavy atom. The zero-order valence-electron chi connectivity index (χ0n) is 80.4. The smallest absolute Gasteiger partial charge is 0.119 e. The van der Waals surface area contributed by atoms with E-state index in [1.165, 1.54) is 231 Å². The van der Waals surface area contributed by atoms with Crippen LogP contribution in [0.25, 0.3) is 0 Å². The molecule has 0 radical (unpaired) electrons. The van der Waals surface area contributed by atoms with Crippen LogP contribution in [0.3, 0.4) is 0 Å². The molecule has 0 saturated heterocycles. The molecule has 0 saturated carbocycles. The second-order valence-electron chi connectivity index (χ2n) is 35.9. The maximum absolute atomic E-state index is 6.26. The molecular formula is C128H144O4. The third kappa shape index (κ3) is 39.5. The summed E-state index contributed by atoms with van der Waals surface area (Å²) in [4.78, 5) is 0. The highest BCUT2D eigenvalue weighted by Crippen LogP contribution is 2.29. The van der Waals surface area contributed by atoms with Crippen LogP contribution in [-0.2, 0) is 25.7 Å². The van der Waals surface area contributed by atoms with E-state index >= 15 is 0 Å². The third-order valence-electron chi connectivity index (χ3n) is 24.8. The third-order valence-corrected chi connectivity index (χ3v) is 24.8. The molecule has 0 aromatic heterocycles. The Balaban J connectivity index is 0.780. The molecule has 0 N–H and O–H groups in total. The molecule has 4 bridgehead atoms. The van der Waals surface area contributed by atoms with Crippen molar-refractivity contribution in [2.45, 2.75) is 310 Å². The molecule has 4 aliphatic carbocycles. The lowest BCUT2D eigenvalue weighted by Gasteiger charge is -2.17. The van der Waals surface area contributed by atoms with Crippen LogP contribution in [0.4, 0.5) is 0 Å². The largest absolute Gasteiger partial charge is 0.494 e. The topological polar surface area (TPSA) is 36.9 Å². The van der Waals surface area contributed by atoms with Crippen molar-refractivity contribution in [2.24, 2.45) is 0 Å². The summed E-state index contributed by atoms with van der Waals surface area (Å²) in [7, 11) is 0. The standard InChI is InChI=1S/C128H144O4/c1-5-9-13-17-21-25-29-33-37-41-97-129-125-89-73-113(74-90-125)67-61-107-51-45-105(46-52-107)49-55-109-57-63-111(64-58-109)69-81-117-101-123-88-86-122-104-120(84-72-116-79-95-128(96-80-116)132-100-44-40-36-32-28-24-20-16-12-8-4)124(87-85-121(117)103-119(123)83-71-115-77-93-127(94-78-115)131-99-43-39-35-31-27-23-19-15-11-7-3)102-118(122)82-70-112-65-59-110(60-66-112)56-50-106-47-53-108(54-48-106)62-68-114-75-91-126(92-76-114)130-98-42-38-34-30-26-22-18-14-10-6-2/h45-48,51-54,57-60,63-66,73-80,89-96,101-104H,5-44,85-88,97-100H2,1-4H3. The minimum atomic E-state index is 0.701. The van der Waals surface area contributed by atoms with Crippen LogP contribution in [-0.4, -0.2) is 26.4 Å². The van der Waals surface area contributed by atoms with Gasteiger partial charge in [0.2, 0.25) is 0 Å². The molecule has 4 heteroatoms. The summed E-state index contributed by atoms with van der Waals surface area (Å²) in [6.45, 7) is 12.1. The predicted molar refractivity (Wildman–Crippen MR) is 556 cm³/mol. The van der Waals surface area contributed by atoms with E-state index < -0.39 is 0 Å². The first-order valence-electron chi connectivity index (χ1n) is 51.1. The maximum Gasteiger partial charge on any atom is 0.119 e. The summed E-state index contributed by atoms with van der Waals surface area (Å²) < 4.78 is 24.7. The van der Waals surface area contributed by atoms with Gasteiger partial charge in [-0.1, -0.05) is 354 Å². The van der Waals surface area contributed by atoms with E-state index in [1.807, 2.05) is 97.1 Å². The summed E-state index contributed by atoms with van der Waals surface area (Å²) in [5.74, 6) is 59.5. The van der Waals surface area contributed by atoms with Crippen LogP contribution in [0.2, 0.25) is 0 Å². The Hall–Kier alpha value is -12.1. The molecule has 0 heterocycles. The van der Waals surface area contributed by atoms with Gasteiger partial charge < -0.3 is 18.9 Å². The van der Waals surface area contributed by atoms with Gasteiger partial charge in [-0.3, -0.25) is 0 Å². The Kier molecular flexibility index (Phi) is 46.8. The number of benzene rings is 10. The zero-order valence-corrected chi connectivity index (χ0v) is 80.4. The van der Waals surface area contributed by atoms with Crippen LogP contribution < -0.4 is 18.9 Å².